The van der Waals surface area contributed by atoms with Crippen molar-refractivity contribution in [2.24, 2.45) is 0 Å². The molecule has 0 unspecified atom stereocenters. The molecule has 2 radical (unpaired) electrons. The number of fused-ring (bicyclic) bond motifs is 1. The lowest BCUT2D eigenvalue weighted by molar-refractivity contribution is -0.114. The first kappa shape index (κ1) is 12.4. The average molecular weight is 262 g/mol. The van der Waals surface area contributed by atoms with Crippen LogP contribution in [0.2, 0.25) is 0 Å². The van der Waals surface area contributed by atoms with Crippen molar-refractivity contribution in [3.05, 3.63) is 42.7 Å². The van der Waals surface area contributed by atoms with E-state index in [4.69, 9.17) is 7.85 Å². The average Bonchev–Trinajstić information content (AvgIpc) is 2.81. The van der Waals surface area contributed by atoms with Gasteiger partial charge in [0.05, 0.1) is 5.69 Å². The quantitative estimate of drug-likeness (QED) is 0.705. The van der Waals surface area contributed by atoms with E-state index in [2.05, 4.69) is 15.3 Å². The van der Waals surface area contributed by atoms with Crippen LogP contribution in [0, 0.1) is 0 Å². The molecule has 0 spiro atoms. The molecule has 20 heavy (non-hydrogen) atoms. The minimum Gasteiger partial charge on any atom is -0.309 e. The van der Waals surface area contributed by atoms with Crippen molar-refractivity contribution in [2.75, 3.05) is 5.32 Å². The Bertz CT molecular complexity index is 782. The molecule has 0 aliphatic rings. The third-order valence-electron chi connectivity index (χ3n) is 2.88. The molecule has 3 rings (SSSR count). The van der Waals surface area contributed by atoms with E-state index in [-0.39, 0.29) is 5.91 Å². The number of nitrogens with zero attached hydrogens (tertiary/aromatic N) is 3. The number of rotatable bonds is 2. The summed E-state index contributed by atoms with van der Waals surface area (Å²) in [7, 11) is 5.88. The van der Waals surface area contributed by atoms with Crippen LogP contribution in [0.1, 0.15) is 6.92 Å². The Morgan fingerprint density at radius 1 is 1.30 bits per heavy atom. The Morgan fingerprint density at radius 3 is 2.75 bits per heavy atom. The molecule has 3 aromatic rings. The molecule has 5 nitrogen and oxygen atoms in total. The Hall–Kier alpha value is -2.63. The van der Waals surface area contributed by atoms with Crippen LogP contribution >= 0.6 is 0 Å². The maximum Gasteiger partial charge on any atom is 0.222 e. The number of hydrogen-bond acceptors (Lipinski definition) is 3. The minimum atomic E-state index is -0.203. The fourth-order valence-electron chi connectivity index (χ4n) is 2.01. The summed E-state index contributed by atoms with van der Waals surface area (Å²) in [6.07, 6.45) is 3.34. The van der Waals surface area contributed by atoms with Crippen molar-refractivity contribution in [3.63, 3.8) is 0 Å². The number of nitrogens with one attached hydrogen (secondary N) is 1. The lowest BCUT2D eigenvalue weighted by Crippen LogP contribution is -2.14. The molecule has 1 aromatic carbocycles. The highest BCUT2D eigenvalue weighted by Gasteiger charge is 2.11. The second-order valence-electron chi connectivity index (χ2n) is 4.40. The zero-order valence-corrected chi connectivity index (χ0v) is 10.9. The predicted molar refractivity (Wildman–Crippen MR) is 78.1 cm³/mol. The standard InChI is InChI=1S/C14H11BN4O/c1-9(20)17-13-14-16-7-12(15)19(14)8-11(18-13)10-5-3-2-4-6-10/h2-8H,1H3,(H,17,18,20). The van der Waals surface area contributed by atoms with Gasteiger partial charge < -0.3 is 9.72 Å². The summed E-state index contributed by atoms with van der Waals surface area (Å²) in [6.45, 7) is 1.43. The number of aromatic nitrogens is 3. The molecule has 0 atom stereocenters. The molecular formula is C14H11BN4O. The molecule has 0 fully saturated rings. The van der Waals surface area contributed by atoms with Crippen LogP contribution in [0.15, 0.2) is 42.7 Å². The summed E-state index contributed by atoms with van der Waals surface area (Å²) >= 11 is 0. The number of benzene rings is 1. The highest BCUT2D eigenvalue weighted by molar-refractivity contribution is 6.31. The van der Waals surface area contributed by atoms with Gasteiger partial charge in [-0.3, -0.25) is 4.79 Å². The Kier molecular flexibility index (Phi) is 2.98. The number of imidazole rings is 1. The van der Waals surface area contributed by atoms with Gasteiger partial charge >= 0.3 is 0 Å². The second-order valence-corrected chi connectivity index (χ2v) is 4.40. The smallest absolute Gasteiger partial charge is 0.222 e. The Morgan fingerprint density at radius 2 is 2.05 bits per heavy atom. The largest absolute Gasteiger partial charge is 0.309 e. The highest BCUT2D eigenvalue weighted by Crippen LogP contribution is 2.21. The summed E-state index contributed by atoms with van der Waals surface area (Å²) < 4.78 is 1.71. The van der Waals surface area contributed by atoms with Crippen molar-refractivity contribution >= 4 is 30.8 Å². The van der Waals surface area contributed by atoms with Gasteiger partial charge in [-0.15, -0.1) is 0 Å². The second kappa shape index (κ2) is 4.81. The normalized spacial score (nSPS) is 10.7. The summed E-state index contributed by atoms with van der Waals surface area (Å²) in [5.74, 6) is 0.196. The zero-order valence-electron chi connectivity index (χ0n) is 10.9. The van der Waals surface area contributed by atoms with E-state index in [0.29, 0.717) is 22.8 Å². The molecule has 2 aromatic heterocycles. The molecular weight excluding hydrogens is 251 g/mol. The fraction of sp³-hybridized carbons (Fsp3) is 0.0714. The van der Waals surface area contributed by atoms with Gasteiger partial charge in [-0.1, -0.05) is 30.3 Å². The molecule has 0 aliphatic heterocycles. The molecule has 0 saturated carbocycles. The molecule has 96 valence electrons. The van der Waals surface area contributed by atoms with E-state index in [1.54, 1.807) is 10.6 Å². The molecule has 0 aliphatic carbocycles. The minimum absolute atomic E-state index is 0.203. The van der Waals surface area contributed by atoms with E-state index < -0.39 is 0 Å². The van der Waals surface area contributed by atoms with E-state index in [9.17, 15) is 4.79 Å². The van der Waals surface area contributed by atoms with Crippen LogP contribution in [0.3, 0.4) is 0 Å². The SMILES string of the molecule is [B]c1cnc2c(NC(C)=O)nc(-c3ccccc3)cn12. The van der Waals surface area contributed by atoms with Gasteiger partial charge in [-0.25, -0.2) is 9.97 Å². The van der Waals surface area contributed by atoms with Crippen molar-refractivity contribution in [3.8, 4) is 11.3 Å². The number of anilines is 1. The summed E-state index contributed by atoms with van der Waals surface area (Å²) in [5, 5.41) is 2.68. The monoisotopic (exact) mass is 262 g/mol. The van der Waals surface area contributed by atoms with Gasteiger partial charge in [0.2, 0.25) is 5.91 Å². The van der Waals surface area contributed by atoms with Crippen LogP contribution in [0.5, 0.6) is 0 Å². The maximum atomic E-state index is 11.3. The Balaban J connectivity index is 2.24. The number of hydrogen-bond donors (Lipinski definition) is 1. The fourth-order valence-corrected chi connectivity index (χ4v) is 2.01. The Labute approximate surface area is 117 Å². The van der Waals surface area contributed by atoms with Gasteiger partial charge in [0, 0.05) is 24.9 Å². The van der Waals surface area contributed by atoms with Crippen molar-refractivity contribution < 1.29 is 4.79 Å². The lowest BCUT2D eigenvalue weighted by atomic mass is 10.1. The topological polar surface area (TPSA) is 59.3 Å². The van der Waals surface area contributed by atoms with Crippen LogP contribution in [-0.4, -0.2) is 28.1 Å². The van der Waals surface area contributed by atoms with Crippen molar-refractivity contribution in [2.45, 2.75) is 6.92 Å². The van der Waals surface area contributed by atoms with Crippen LogP contribution in [0.25, 0.3) is 16.9 Å². The molecule has 0 bridgehead atoms. The van der Waals surface area contributed by atoms with E-state index >= 15 is 0 Å². The van der Waals surface area contributed by atoms with E-state index in [1.807, 2.05) is 30.3 Å². The van der Waals surface area contributed by atoms with Gasteiger partial charge in [0.1, 0.15) is 7.85 Å². The number of carbonyl (C=O) groups is 1. The number of amides is 1. The third-order valence-corrected chi connectivity index (χ3v) is 2.88. The third kappa shape index (κ3) is 2.16. The van der Waals surface area contributed by atoms with Crippen LogP contribution in [0.4, 0.5) is 5.82 Å². The molecule has 0 saturated heterocycles. The zero-order chi connectivity index (χ0) is 14.1. The molecule has 2 heterocycles. The maximum absolute atomic E-state index is 11.3. The lowest BCUT2D eigenvalue weighted by Gasteiger charge is -2.08. The number of carbonyl (C=O) groups excluding carboxylic acids is 1. The highest BCUT2D eigenvalue weighted by atomic mass is 16.1. The first-order valence-electron chi connectivity index (χ1n) is 6.12. The van der Waals surface area contributed by atoms with Gasteiger partial charge in [-0.05, 0) is 5.59 Å². The van der Waals surface area contributed by atoms with Crippen LogP contribution in [-0.2, 0) is 4.79 Å². The van der Waals surface area contributed by atoms with E-state index in [0.717, 1.165) is 5.56 Å². The summed E-state index contributed by atoms with van der Waals surface area (Å²) in [4.78, 5) is 19.9. The summed E-state index contributed by atoms with van der Waals surface area (Å²) in [5.41, 5.74) is 2.67. The van der Waals surface area contributed by atoms with Crippen molar-refractivity contribution in [1.82, 2.24) is 14.4 Å². The summed E-state index contributed by atoms with van der Waals surface area (Å²) in [6, 6.07) is 9.67. The van der Waals surface area contributed by atoms with Gasteiger partial charge in [-0.2, -0.15) is 0 Å². The first-order chi connectivity index (χ1) is 9.65. The van der Waals surface area contributed by atoms with Gasteiger partial charge in [0.15, 0.2) is 11.5 Å². The molecule has 6 heteroatoms. The van der Waals surface area contributed by atoms with Crippen molar-refractivity contribution in [1.29, 1.82) is 0 Å². The first-order valence-corrected chi connectivity index (χ1v) is 6.12. The van der Waals surface area contributed by atoms with Gasteiger partial charge in [0.25, 0.3) is 0 Å². The van der Waals surface area contributed by atoms with E-state index in [1.165, 1.54) is 13.1 Å². The predicted octanol–water partition coefficient (Wildman–Crippen LogP) is 1.15. The van der Waals surface area contributed by atoms with Crippen LogP contribution < -0.4 is 10.9 Å². The molecule has 1 amide bonds. The molecule has 1 N–H and O–H groups in total.